The largest absolute Gasteiger partial charge is 0.492 e. The number of hydrogen-bond acceptors (Lipinski definition) is 10. The first-order chi connectivity index (χ1) is 18.5. The number of nitrogens with zero attached hydrogens (tertiary/aromatic N) is 5. The van der Waals surface area contributed by atoms with Gasteiger partial charge in [0.2, 0.25) is 5.88 Å². The molecule has 0 aliphatic rings. The number of aliphatic hydroxyl groups is 1. The first-order valence-corrected chi connectivity index (χ1v) is 13.0. The maximum Gasteiger partial charge on any atom is 0.271 e. The zero-order chi connectivity index (χ0) is 28.4. The number of hydrogen-bond donors (Lipinski definition) is 5. The highest BCUT2D eigenvalue weighted by Crippen LogP contribution is 2.32. The molecule has 2 atom stereocenters. The highest BCUT2D eigenvalue weighted by Gasteiger charge is 2.22. The van der Waals surface area contributed by atoms with Crippen molar-refractivity contribution in [3.63, 3.8) is 0 Å². The SMILES string of the molecule is CCC(O)C(C)NC(=N)c1c(O)nsc1Nc1ccc(C(=O)n2c(C)cc3cc(C(=O)N(C)C)ncc32)cn1. The predicted molar refractivity (Wildman–Crippen MR) is 149 cm³/mol. The van der Waals surface area contributed by atoms with Crippen LogP contribution in [0.25, 0.3) is 10.9 Å². The molecule has 4 rings (SSSR count). The molecule has 0 aliphatic heterocycles. The number of aromatic hydroxyl groups is 1. The third-order valence-corrected chi connectivity index (χ3v) is 7.00. The van der Waals surface area contributed by atoms with Crippen LogP contribution in [0, 0.1) is 12.3 Å². The molecule has 1 amide bonds. The lowest BCUT2D eigenvalue weighted by Crippen LogP contribution is -2.40. The van der Waals surface area contributed by atoms with Gasteiger partial charge in [-0.15, -0.1) is 0 Å². The lowest BCUT2D eigenvalue weighted by Gasteiger charge is -2.20. The molecule has 0 aromatic carbocycles. The Morgan fingerprint density at radius 3 is 2.59 bits per heavy atom. The summed E-state index contributed by atoms with van der Waals surface area (Å²) < 4.78 is 5.45. The maximum absolute atomic E-state index is 13.4. The van der Waals surface area contributed by atoms with Gasteiger partial charge in [0.25, 0.3) is 11.8 Å². The van der Waals surface area contributed by atoms with Crippen LogP contribution in [0.3, 0.4) is 0 Å². The number of aliphatic hydroxyl groups excluding tert-OH is 1. The average molecular weight is 551 g/mol. The van der Waals surface area contributed by atoms with E-state index in [9.17, 15) is 19.8 Å². The minimum absolute atomic E-state index is 0.0884. The third kappa shape index (κ3) is 5.59. The second kappa shape index (κ2) is 11.2. The zero-order valence-electron chi connectivity index (χ0n) is 22.2. The molecule has 5 N–H and O–H groups in total. The number of anilines is 2. The Hall–Kier alpha value is -4.36. The maximum atomic E-state index is 13.4. The van der Waals surface area contributed by atoms with Crippen LogP contribution in [0.4, 0.5) is 10.8 Å². The van der Waals surface area contributed by atoms with E-state index in [0.717, 1.165) is 16.9 Å². The summed E-state index contributed by atoms with van der Waals surface area (Å²) in [6.45, 7) is 5.39. The van der Waals surface area contributed by atoms with Crippen LogP contribution in [0.15, 0.2) is 36.7 Å². The molecule has 0 spiro atoms. The quantitative estimate of drug-likeness (QED) is 0.163. The van der Waals surface area contributed by atoms with Gasteiger partial charge in [-0.05, 0) is 56.1 Å². The molecular formula is C26H30N8O4S. The number of nitrogens with one attached hydrogen (secondary N) is 3. The van der Waals surface area contributed by atoms with Crippen LogP contribution in [0.2, 0.25) is 0 Å². The van der Waals surface area contributed by atoms with Crippen LogP contribution in [0.5, 0.6) is 5.88 Å². The van der Waals surface area contributed by atoms with Gasteiger partial charge in [-0.3, -0.25) is 19.6 Å². The molecule has 2 unspecified atom stereocenters. The summed E-state index contributed by atoms with van der Waals surface area (Å²) in [7, 11) is 3.30. The number of aromatic nitrogens is 4. The fourth-order valence-electron chi connectivity index (χ4n) is 4.04. The van der Waals surface area contributed by atoms with Gasteiger partial charge in [-0.25, -0.2) is 9.97 Å². The van der Waals surface area contributed by atoms with E-state index in [1.54, 1.807) is 46.1 Å². The number of rotatable bonds is 8. The number of carbonyl (C=O) groups excluding carboxylic acids is 2. The number of carbonyl (C=O) groups is 2. The molecule has 13 heteroatoms. The first kappa shape index (κ1) is 27.7. The molecule has 0 aliphatic carbocycles. The van der Waals surface area contributed by atoms with Crippen molar-refractivity contribution in [2.24, 2.45) is 0 Å². The molecule has 4 aromatic rings. The van der Waals surface area contributed by atoms with Crippen LogP contribution in [-0.4, -0.2) is 77.9 Å². The van der Waals surface area contributed by atoms with Gasteiger partial charge in [0.15, 0.2) is 0 Å². The highest BCUT2D eigenvalue weighted by atomic mass is 32.1. The second-order valence-corrected chi connectivity index (χ2v) is 10.1. The van der Waals surface area contributed by atoms with Crippen molar-refractivity contribution in [3.8, 4) is 5.88 Å². The predicted octanol–water partition coefficient (Wildman–Crippen LogP) is 3.11. The summed E-state index contributed by atoms with van der Waals surface area (Å²) in [5, 5.41) is 35.6. The Morgan fingerprint density at radius 2 is 1.95 bits per heavy atom. The zero-order valence-corrected chi connectivity index (χ0v) is 23.0. The number of pyridine rings is 2. The second-order valence-electron chi connectivity index (χ2n) is 9.31. The molecule has 0 saturated heterocycles. The van der Waals surface area contributed by atoms with Crippen molar-refractivity contribution in [1.29, 1.82) is 5.41 Å². The summed E-state index contributed by atoms with van der Waals surface area (Å²) in [6, 6.07) is 6.32. The summed E-state index contributed by atoms with van der Waals surface area (Å²) in [4.78, 5) is 35.7. The highest BCUT2D eigenvalue weighted by molar-refractivity contribution is 7.11. The Bertz CT molecular complexity index is 1540. The molecule has 39 heavy (non-hydrogen) atoms. The van der Waals surface area contributed by atoms with Gasteiger partial charge in [0, 0.05) is 31.4 Å². The van der Waals surface area contributed by atoms with Crippen LogP contribution in [-0.2, 0) is 0 Å². The lowest BCUT2D eigenvalue weighted by molar-refractivity contribution is 0.0822. The van der Waals surface area contributed by atoms with E-state index in [0.29, 0.717) is 39.7 Å². The third-order valence-electron chi connectivity index (χ3n) is 6.24. The van der Waals surface area contributed by atoms with Gasteiger partial charge in [-0.1, -0.05) is 6.92 Å². The fraction of sp³-hybridized carbons (Fsp3) is 0.308. The summed E-state index contributed by atoms with van der Waals surface area (Å²) in [6.07, 6.45) is 2.81. The van der Waals surface area contributed by atoms with Gasteiger partial charge in [0.1, 0.15) is 27.9 Å². The molecule has 4 heterocycles. The van der Waals surface area contributed by atoms with Gasteiger partial charge >= 0.3 is 0 Å². The van der Waals surface area contributed by atoms with Crippen molar-refractivity contribution in [1.82, 2.24) is 29.1 Å². The van der Waals surface area contributed by atoms with Gasteiger partial charge in [-0.2, -0.15) is 4.37 Å². The summed E-state index contributed by atoms with van der Waals surface area (Å²) in [5.41, 5.74) is 2.05. The van der Waals surface area contributed by atoms with Crippen molar-refractivity contribution in [2.75, 3.05) is 19.4 Å². The molecule has 0 radical (unpaired) electrons. The molecular weight excluding hydrogens is 520 g/mol. The van der Waals surface area contributed by atoms with Crippen LogP contribution in [0.1, 0.15) is 52.4 Å². The first-order valence-electron chi connectivity index (χ1n) is 12.2. The smallest absolute Gasteiger partial charge is 0.271 e. The van der Waals surface area contributed by atoms with E-state index in [2.05, 4.69) is 25.0 Å². The topological polar surface area (TPSA) is 169 Å². The van der Waals surface area contributed by atoms with Crippen LogP contribution >= 0.6 is 11.5 Å². The van der Waals surface area contributed by atoms with E-state index < -0.39 is 12.1 Å². The van der Waals surface area contributed by atoms with E-state index >= 15 is 0 Å². The van der Waals surface area contributed by atoms with E-state index in [1.165, 1.54) is 21.9 Å². The standard InChI is InChI=1S/C26H30N8O4S/c1-6-19(35)14(3)30-22(27)21-23(36)32-39-24(21)31-20-8-7-15(11-29-20)25(37)34-13(2)9-16-10-17(26(38)33(4)5)28-12-18(16)34/h7-12,14,19,35H,6H2,1-5H3,(H2,27,30)(H,29,31)(H,32,36). The Kier molecular flexibility index (Phi) is 7.93. The fourth-order valence-corrected chi connectivity index (χ4v) is 4.75. The van der Waals surface area contributed by atoms with E-state index in [1.807, 2.05) is 13.0 Å². The Morgan fingerprint density at radius 1 is 1.21 bits per heavy atom. The number of fused-ring (bicyclic) bond motifs is 1. The molecule has 0 bridgehead atoms. The van der Waals surface area contributed by atoms with Gasteiger partial charge < -0.3 is 25.7 Å². The van der Waals surface area contributed by atoms with Gasteiger partial charge in [0.05, 0.1) is 29.4 Å². The average Bonchev–Trinajstić information content (AvgIpc) is 3.44. The van der Waals surface area contributed by atoms with E-state index in [-0.39, 0.29) is 29.1 Å². The molecule has 0 saturated carbocycles. The minimum Gasteiger partial charge on any atom is -0.492 e. The summed E-state index contributed by atoms with van der Waals surface area (Å²) >= 11 is 0.958. The number of amidine groups is 1. The molecule has 0 fully saturated rings. The molecule has 204 valence electrons. The molecule has 12 nitrogen and oxygen atoms in total. The number of aryl methyl sites for hydroxylation is 1. The normalized spacial score (nSPS) is 12.7. The lowest BCUT2D eigenvalue weighted by atomic mass is 10.1. The van der Waals surface area contributed by atoms with Crippen molar-refractivity contribution in [2.45, 2.75) is 39.3 Å². The molecule has 4 aromatic heterocycles. The number of amides is 1. The monoisotopic (exact) mass is 550 g/mol. The van der Waals surface area contributed by atoms with Crippen LogP contribution < -0.4 is 10.6 Å². The Labute approximate surface area is 229 Å². The minimum atomic E-state index is -0.651. The van der Waals surface area contributed by atoms with Crippen molar-refractivity contribution >= 4 is 50.9 Å². The van der Waals surface area contributed by atoms with E-state index in [4.69, 9.17) is 5.41 Å². The summed E-state index contributed by atoms with van der Waals surface area (Å²) in [5.74, 6) is -0.551. The Balaban J connectivity index is 1.54. The van der Waals surface area contributed by atoms with Crippen molar-refractivity contribution < 1.29 is 19.8 Å². The van der Waals surface area contributed by atoms with Crippen molar-refractivity contribution in [3.05, 3.63) is 59.2 Å².